The first-order valence-electron chi connectivity index (χ1n) is 4.09. The quantitative estimate of drug-likeness (QED) is 0.802. The summed E-state index contributed by atoms with van der Waals surface area (Å²) < 4.78 is 0. The van der Waals surface area contributed by atoms with Crippen molar-refractivity contribution in [2.45, 2.75) is 12.8 Å². The highest BCUT2D eigenvalue weighted by atomic mass is 35.5. The fourth-order valence-electron chi connectivity index (χ4n) is 0.948. The molecule has 1 amide bonds. The van der Waals surface area contributed by atoms with Crippen LogP contribution in [0.15, 0.2) is 11.4 Å². The second kappa shape index (κ2) is 5.63. The number of halogens is 1. The predicted molar refractivity (Wildman–Crippen MR) is 56.3 cm³/mol. The Morgan fingerprint density at radius 2 is 2.50 bits per heavy atom. The third-order valence-electron chi connectivity index (χ3n) is 1.58. The van der Waals surface area contributed by atoms with E-state index in [2.05, 4.69) is 5.32 Å². The first-order valence-corrected chi connectivity index (χ1v) is 5.34. The third kappa shape index (κ3) is 3.77. The SMILES string of the molecule is N#CCNC(=O)CCc1cc(Cl)cs1. The molecule has 0 saturated carbocycles. The summed E-state index contributed by atoms with van der Waals surface area (Å²) in [5.74, 6) is -0.101. The Morgan fingerprint density at radius 3 is 3.07 bits per heavy atom. The lowest BCUT2D eigenvalue weighted by molar-refractivity contribution is -0.120. The lowest BCUT2D eigenvalue weighted by Gasteiger charge is -1.98. The molecule has 0 radical (unpaired) electrons. The summed E-state index contributed by atoms with van der Waals surface area (Å²) in [5, 5.41) is 13.3. The van der Waals surface area contributed by atoms with E-state index in [1.807, 2.05) is 17.5 Å². The van der Waals surface area contributed by atoms with Crippen molar-refractivity contribution < 1.29 is 4.79 Å². The number of rotatable bonds is 4. The number of nitrogens with zero attached hydrogens (tertiary/aromatic N) is 1. The van der Waals surface area contributed by atoms with Crippen LogP contribution in [0.5, 0.6) is 0 Å². The summed E-state index contributed by atoms with van der Waals surface area (Å²) in [6.45, 7) is 0.0734. The summed E-state index contributed by atoms with van der Waals surface area (Å²) in [7, 11) is 0. The highest BCUT2D eigenvalue weighted by Gasteiger charge is 2.03. The van der Waals surface area contributed by atoms with Gasteiger partial charge in [-0.3, -0.25) is 4.79 Å². The smallest absolute Gasteiger partial charge is 0.221 e. The van der Waals surface area contributed by atoms with E-state index < -0.39 is 0 Å². The zero-order valence-corrected chi connectivity index (χ0v) is 8.99. The Hall–Kier alpha value is -1.05. The zero-order valence-electron chi connectivity index (χ0n) is 7.42. The average molecular weight is 229 g/mol. The molecule has 0 aliphatic carbocycles. The number of carbonyl (C=O) groups is 1. The number of nitrogens with one attached hydrogen (secondary N) is 1. The van der Waals surface area contributed by atoms with Crippen LogP contribution in [0.25, 0.3) is 0 Å². The minimum atomic E-state index is -0.101. The standard InChI is InChI=1S/C9H9ClN2OS/c10-7-5-8(14-6-7)1-2-9(13)12-4-3-11/h5-6H,1-2,4H2,(H,12,13). The van der Waals surface area contributed by atoms with Crippen LogP contribution in [0.4, 0.5) is 0 Å². The van der Waals surface area contributed by atoms with Crippen molar-refractivity contribution in [2.24, 2.45) is 0 Å². The average Bonchev–Trinajstić information content (AvgIpc) is 2.58. The lowest BCUT2D eigenvalue weighted by atomic mass is 10.2. The molecule has 1 aromatic rings. The van der Waals surface area contributed by atoms with E-state index in [0.717, 1.165) is 4.88 Å². The second-order valence-electron chi connectivity index (χ2n) is 2.67. The molecule has 0 atom stereocenters. The Morgan fingerprint density at radius 1 is 1.71 bits per heavy atom. The molecule has 14 heavy (non-hydrogen) atoms. The number of thiophene rings is 1. The van der Waals surface area contributed by atoms with Gasteiger partial charge >= 0.3 is 0 Å². The third-order valence-corrected chi connectivity index (χ3v) is 2.93. The van der Waals surface area contributed by atoms with Crippen molar-refractivity contribution >= 4 is 28.8 Å². The van der Waals surface area contributed by atoms with Crippen molar-refractivity contribution in [1.29, 1.82) is 5.26 Å². The molecule has 1 aromatic heterocycles. The minimum absolute atomic E-state index is 0.0734. The monoisotopic (exact) mass is 228 g/mol. The minimum Gasteiger partial charge on any atom is -0.343 e. The molecule has 0 spiro atoms. The molecule has 5 heteroatoms. The van der Waals surface area contributed by atoms with Crippen LogP contribution in [0.2, 0.25) is 5.02 Å². The van der Waals surface area contributed by atoms with E-state index in [1.165, 1.54) is 11.3 Å². The number of nitriles is 1. The largest absolute Gasteiger partial charge is 0.343 e. The molecule has 3 nitrogen and oxygen atoms in total. The van der Waals surface area contributed by atoms with E-state index in [1.54, 1.807) is 0 Å². The maximum atomic E-state index is 11.1. The molecule has 0 aliphatic heterocycles. The molecule has 74 valence electrons. The Balaban J connectivity index is 2.27. The zero-order chi connectivity index (χ0) is 10.4. The highest BCUT2D eigenvalue weighted by Crippen LogP contribution is 2.20. The van der Waals surface area contributed by atoms with Crippen LogP contribution in [0.3, 0.4) is 0 Å². The van der Waals surface area contributed by atoms with Crippen LogP contribution in [0, 0.1) is 11.3 Å². The van der Waals surface area contributed by atoms with Crippen LogP contribution in [0.1, 0.15) is 11.3 Å². The van der Waals surface area contributed by atoms with Gasteiger partial charge in [-0.15, -0.1) is 11.3 Å². The Bertz CT molecular complexity index is 356. The molecule has 0 unspecified atom stereocenters. The van der Waals surface area contributed by atoms with Crippen molar-refractivity contribution in [3.63, 3.8) is 0 Å². The van der Waals surface area contributed by atoms with Crippen LogP contribution in [-0.2, 0) is 11.2 Å². The Labute approximate surface area is 91.3 Å². The van der Waals surface area contributed by atoms with Crippen molar-refractivity contribution in [3.05, 3.63) is 21.3 Å². The topological polar surface area (TPSA) is 52.9 Å². The van der Waals surface area contributed by atoms with E-state index in [0.29, 0.717) is 17.9 Å². The maximum Gasteiger partial charge on any atom is 0.221 e. The van der Waals surface area contributed by atoms with Crippen LogP contribution in [-0.4, -0.2) is 12.5 Å². The van der Waals surface area contributed by atoms with Gasteiger partial charge in [-0.2, -0.15) is 5.26 Å². The number of hydrogen-bond donors (Lipinski definition) is 1. The van der Waals surface area contributed by atoms with Gasteiger partial charge in [-0.05, 0) is 12.5 Å². The normalized spacial score (nSPS) is 9.43. The van der Waals surface area contributed by atoms with E-state index in [4.69, 9.17) is 16.9 Å². The number of amides is 1. The molecule has 1 heterocycles. The number of hydrogen-bond acceptors (Lipinski definition) is 3. The van der Waals surface area contributed by atoms with E-state index in [9.17, 15) is 4.79 Å². The van der Waals surface area contributed by atoms with Gasteiger partial charge in [-0.1, -0.05) is 11.6 Å². The molecule has 1 N–H and O–H groups in total. The fraction of sp³-hybridized carbons (Fsp3) is 0.333. The molecular weight excluding hydrogens is 220 g/mol. The van der Waals surface area contributed by atoms with Gasteiger partial charge in [0.2, 0.25) is 5.91 Å². The molecule has 0 aromatic carbocycles. The van der Waals surface area contributed by atoms with Crippen molar-refractivity contribution in [1.82, 2.24) is 5.32 Å². The molecule has 0 aliphatic rings. The van der Waals surface area contributed by atoms with Crippen LogP contribution < -0.4 is 5.32 Å². The van der Waals surface area contributed by atoms with Crippen molar-refractivity contribution in [2.75, 3.05) is 6.54 Å². The molecule has 0 fully saturated rings. The first-order chi connectivity index (χ1) is 6.72. The lowest BCUT2D eigenvalue weighted by Crippen LogP contribution is -2.23. The van der Waals surface area contributed by atoms with Gasteiger partial charge in [0.25, 0.3) is 0 Å². The molecular formula is C9H9ClN2OS. The summed E-state index contributed by atoms with van der Waals surface area (Å²) in [4.78, 5) is 12.2. The van der Waals surface area contributed by atoms with E-state index in [-0.39, 0.29) is 12.5 Å². The summed E-state index contributed by atoms with van der Waals surface area (Å²) in [6.07, 6.45) is 1.08. The summed E-state index contributed by atoms with van der Waals surface area (Å²) >= 11 is 7.26. The van der Waals surface area contributed by atoms with Gasteiger partial charge in [0.05, 0.1) is 11.1 Å². The summed E-state index contributed by atoms with van der Waals surface area (Å²) in [5.41, 5.74) is 0. The second-order valence-corrected chi connectivity index (χ2v) is 4.10. The predicted octanol–water partition coefficient (Wildman–Crippen LogP) is 1.97. The number of carbonyl (C=O) groups excluding carboxylic acids is 1. The van der Waals surface area contributed by atoms with Crippen LogP contribution >= 0.6 is 22.9 Å². The summed E-state index contributed by atoms with van der Waals surface area (Å²) in [6, 6.07) is 3.70. The Kier molecular flexibility index (Phi) is 4.44. The van der Waals surface area contributed by atoms with Crippen molar-refractivity contribution in [3.8, 4) is 6.07 Å². The van der Waals surface area contributed by atoms with Gasteiger partial charge in [-0.25, -0.2) is 0 Å². The fourth-order valence-corrected chi connectivity index (χ4v) is 2.03. The first kappa shape index (κ1) is 11.0. The molecule has 0 bridgehead atoms. The van der Waals surface area contributed by atoms with Gasteiger partial charge in [0.1, 0.15) is 6.54 Å². The molecule has 0 saturated heterocycles. The molecule has 1 rings (SSSR count). The van der Waals surface area contributed by atoms with E-state index >= 15 is 0 Å². The van der Waals surface area contributed by atoms with Gasteiger partial charge in [0.15, 0.2) is 0 Å². The maximum absolute atomic E-state index is 11.1. The van der Waals surface area contributed by atoms with Gasteiger partial charge < -0.3 is 5.32 Å². The number of aryl methyl sites for hydroxylation is 1. The highest BCUT2D eigenvalue weighted by molar-refractivity contribution is 7.10. The van der Waals surface area contributed by atoms with Gasteiger partial charge in [0, 0.05) is 16.7 Å².